The van der Waals surface area contributed by atoms with Crippen molar-refractivity contribution in [3.05, 3.63) is 25.3 Å². The summed E-state index contributed by atoms with van der Waals surface area (Å²) < 4.78 is 0. The van der Waals surface area contributed by atoms with Crippen molar-refractivity contribution < 1.29 is 29.4 Å². The number of hydrogen-bond acceptors (Lipinski definition) is 8. The van der Waals surface area contributed by atoms with Gasteiger partial charge in [0.1, 0.15) is 0 Å². The van der Waals surface area contributed by atoms with E-state index in [9.17, 15) is 29.4 Å². The van der Waals surface area contributed by atoms with Gasteiger partial charge in [0.25, 0.3) is 0 Å². The standard InChI is InChI=1S/C12H16N2O6S2/c1-3-9(15)13-7(11(17)18)5-21-22-6-8(12(19)20)14-10(16)4-2/h3-4,7-8H,1-2,5-6H2,(H,13,15)(H,14,16)(H,17,18)(H,19,20)/p-2. The Morgan fingerprint density at radius 2 is 1.18 bits per heavy atom. The second-order valence-corrected chi connectivity index (χ2v) is 6.29. The molecular formula is C12H14N2O6S2-2. The van der Waals surface area contributed by atoms with Gasteiger partial charge in [0, 0.05) is 11.5 Å². The molecule has 0 bridgehead atoms. The van der Waals surface area contributed by atoms with E-state index in [2.05, 4.69) is 23.8 Å². The van der Waals surface area contributed by atoms with E-state index in [1.165, 1.54) is 0 Å². The van der Waals surface area contributed by atoms with E-state index in [0.29, 0.717) is 0 Å². The van der Waals surface area contributed by atoms with Crippen molar-refractivity contribution in [2.45, 2.75) is 12.1 Å². The quantitative estimate of drug-likeness (QED) is 0.232. The average Bonchev–Trinajstić information content (AvgIpc) is 2.47. The Morgan fingerprint density at radius 3 is 1.41 bits per heavy atom. The summed E-state index contributed by atoms with van der Waals surface area (Å²) in [5.74, 6) is -4.38. The molecule has 2 atom stereocenters. The first-order valence-corrected chi connectivity index (χ1v) is 8.32. The molecule has 0 heterocycles. The number of carbonyl (C=O) groups excluding carboxylic acids is 4. The number of carboxylic acid groups (broad SMARTS) is 2. The molecule has 0 aliphatic heterocycles. The van der Waals surface area contributed by atoms with Crippen LogP contribution in [0.15, 0.2) is 25.3 Å². The first kappa shape index (κ1) is 20.1. The third-order valence-corrected chi connectivity index (χ3v) is 4.55. The molecule has 0 spiro atoms. The Morgan fingerprint density at radius 1 is 0.864 bits per heavy atom. The van der Waals surface area contributed by atoms with Gasteiger partial charge in [-0.25, -0.2) is 0 Å². The minimum atomic E-state index is -1.47. The number of hydrogen-bond donors (Lipinski definition) is 2. The highest BCUT2D eigenvalue weighted by molar-refractivity contribution is 8.76. The minimum Gasteiger partial charge on any atom is -0.548 e. The summed E-state index contributed by atoms with van der Waals surface area (Å²) in [5, 5.41) is 25.9. The molecule has 0 fully saturated rings. The maximum Gasteiger partial charge on any atom is 0.243 e. The molecule has 2 unspecified atom stereocenters. The van der Waals surface area contributed by atoms with Crippen molar-refractivity contribution in [1.82, 2.24) is 10.6 Å². The van der Waals surface area contributed by atoms with Crippen molar-refractivity contribution in [2.75, 3.05) is 11.5 Å². The molecule has 0 radical (unpaired) electrons. The monoisotopic (exact) mass is 346 g/mol. The number of aliphatic carboxylic acids is 2. The molecule has 8 nitrogen and oxygen atoms in total. The molecule has 0 aromatic carbocycles. The molecule has 0 saturated heterocycles. The number of rotatable bonds is 11. The van der Waals surface area contributed by atoms with Gasteiger partial charge in [-0.1, -0.05) is 34.7 Å². The highest BCUT2D eigenvalue weighted by Crippen LogP contribution is 2.22. The second kappa shape index (κ2) is 10.7. The molecule has 10 heteroatoms. The predicted molar refractivity (Wildman–Crippen MR) is 79.2 cm³/mol. The van der Waals surface area contributed by atoms with Crippen LogP contribution in [-0.4, -0.2) is 47.3 Å². The smallest absolute Gasteiger partial charge is 0.243 e. The molecule has 0 rings (SSSR count). The minimum absolute atomic E-state index is 0.0538. The number of amides is 2. The maximum absolute atomic E-state index is 11.0. The van der Waals surface area contributed by atoms with Crippen LogP contribution >= 0.6 is 21.6 Å². The van der Waals surface area contributed by atoms with E-state index in [0.717, 1.165) is 33.7 Å². The first-order valence-electron chi connectivity index (χ1n) is 5.83. The molecule has 0 aromatic heterocycles. The SMILES string of the molecule is C=CC(=O)NC(CSSCC(NC(=O)C=C)C(=O)[O-])C(=O)[O-]. The van der Waals surface area contributed by atoms with Gasteiger partial charge >= 0.3 is 0 Å². The summed E-state index contributed by atoms with van der Waals surface area (Å²) >= 11 is 0. The highest BCUT2D eigenvalue weighted by atomic mass is 33.1. The van der Waals surface area contributed by atoms with Crippen LogP contribution in [0.2, 0.25) is 0 Å². The highest BCUT2D eigenvalue weighted by Gasteiger charge is 2.15. The normalized spacial score (nSPS) is 12.5. The summed E-state index contributed by atoms with van der Waals surface area (Å²) in [7, 11) is 2.00. The molecule has 2 amide bonds. The van der Waals surface area contributed by atoms with Crippen LogP contribution in [0.25, 0.3) is 0 Å². The van der Waals surface area contributed by atoms with E-state index in [-0.39, 0.29) is 11.5 Å². The van der Waals surface area contributed by atoms with Gasteiger partial charge in [-0.15, -0.1) is 0 Å². The van der Waals surface area contributed by atoms with Crippen molar-refractivity contribution in [3.63, 3.8) is 0 Å². The van der Waals surface area contributed by atoms with E-state index >= 15 is 0 Å². The summed E-state index contributed by atoms with van der Waals surface area (Å²) in [6.07, 6.45) is 1.84. The van der Waals surface area contributed by atoms with Gasteiger partial charge in [-0.3, -0.25) is 9.59 Å². The predicted octanol–water partition coefficient (Wildman–Crippen LogP) is -2.79. The molecule has 22 heavy (non-hydrogen) atoms. The van der Waals surface area contributed by atoms with Crippen LogP contribution < -0.4 is 20.8 Å². The Kier molecular flexibility index (Phi) is 9.79. The number of carbonyl (C=O) groups is 4. The van der Waals surface area contributed by atoms with Gasteiger partial charge in [-0.2, -0.15) is 0 Å². The van der Waals surface area contributed by atoms with E-state index in [1.807, 2.05) is 0 Å². The maximum atomic E-state index is 11.0. The van der Waals surface area contributed by atoms with Crippen LogP contribution in [0.5, 0.6) is 0 Å². The molecule has 0 aliphatic rings. The molecule has 0 aliphatic carbocycles. The summed E-state index contributed by atoms with van der Waals surface area (Å²) in [5.41, 5.74) is 0. The van der Waals surface area contributed by atoms with Crippen LogP contribution in [0, 0.1) is 0 Å². The fourth-order valence-corrected chi connectivity index (χ4v) is 3.33. The zero-order valence-corrected chi connectivity index (χ0v) is 13.0. The lowest BCUT2D eigenvalue weighted by Gasteiger charge is -2.20. The third kappa shape index (κ3) is 8.37. The van der Waals surface area contributed by atoms with Crippen LogP contribution in [-0.2, 0) is 19.2 Å². The fraction of sp³-hybridized carbons (Fsp3) is 0.333. The van der Waals surface area contributed by atoms with E-state index < -0.39 is 35.8 Å². The van der Waals surface area contributed by atoms with Crippen LogP contribution in [0.4, 0.5) is 0 Å². The van der Waals surface area contributed by atoms with Crippen molar-refractivity contribution in [2.24, 2.45) is 0 Å². The summed E-state index contributed by atoms with van der Waals surface area (Å²) in [4.78, 5) is 43.7. The van der Waals surface area contributed by atoms with Crippen molar-refractivity contribution in [3.8, 4) is 0 Å². The van der Waals surface area contributed by atoms with E-state index in [4.69, 9.17) is 0 Å². The fourth-order valence-electron chi connectivity index (χ4n) is 1.03. The number of carboxylic acids is 2. The zero-order valence-electron chi connectivity index (χ0n) is 11.4. The molecule has 122 valence electrons. The van der Waals surface area contributed by atoms with Gasteiger partial charge in [0.2, 0.25) is 11.8 Å². The summed E-state index contributed by atoms with van der Waals surface area (Å²) in [6.45, 7) is 6.38. The van der Waals surface area contributed by atoms with Gasteiger partial charge in [-0.05, 0) is 12.2 Å². The second-order valence-electron chi connectivity index (χ2n) is 3.74. The lowest BCUT2D eigenvalue weighted by molar-refractivity contribution is -0.308. The third-order valence-electron chi connectivity index (χ3n) is 2.13. The van der Waals surface area contributed by atoms with E-state index in [1.54, 1.807) is 0 Å². The van der Waals surface area contributed by atoms with Crippen LogP contribution in [0.3, 0.4) is 0 Å². The molecule has 0 aromatic rings. The van der Waals surface area contributed by atoms with Gasteiger partial charge < -0.3 is 30.4 Å². The summed E-state index contributed by atoms with van der Waals surface area (Å²) in [6, 6.07) is -2.49. The largest absolute Gasteiger partial charge is 0.548 e. The molecular weight excluding hydrogens is 332 g/mol. The first-order chi connectivity index (χ1) is 10.3. The Balaban J connectivity index is 4.29. The lowest BCUT2D eigenvalue weighted by Crippen LogP contribution is -2.49. The average molecular weight is 346 g/mol. The van der Waals surface area contributed by atoms with Crippen LogP contribution in [0.1, 0.15) is 0 Å². The van der Waals surface area contributed by atoms with Crippen molar-refractivity contribution in [1.29, 1.82) is 0 Å². The van der Waals surface area contributed by atoms with Crippen molar-refractivity contribution >= 4 is 45.3 Å². The molecule has 0 saturated carbocycles. The lowest BCUT2D eigenvalue weighted by atomic mass is 10.3. The topological polar surface area (TPSA) is 138 Å². The van der Waals surface area contributed by atoms with Gasteiger partial charge in [0.15, 0.2) is 0 Å². The number of nitrogens with one attached hydrogen (secondary N) is 2. The van der Waals surface area contributed by atoms with Gasteiger partial charge in [0.05, 0.1) is 24.0 Å². The Hall–Kier alpha value is -1.94. The molecule has 2 N–H and O–H groups in total. The Bertz CT molecular complexity index is 427. The zero-order chi connectivity index (χ0) is 17.1. The Labute approximate surface area is 134 Å².